The maximum absolute atomic E-state index is 3.73. The molecule has 0 radical (unpaired) electrons. The van der Waals surface area contributed by atoms with Gasteiger partial charge in [0.15, 0.2) is 0 Å². The van der Waals surface area contributed by atoms with Gasteiger partial charge >= 0.3 is 0 Å². The van der Waals surface area contributed by atoms with E-state index in [1.165, 1.54) is 12.8 Å². The maximum atomic E-state index is 3.73. The molecule has 0 saturated carbocycles. The van der Waals surface area contributed by atoms with E-state index < -0.39 is 0 Å². The van der Waals surface area contributed by atoms with Crippen LogP contribution in [0.15, 0.2) is 12.2 Å². The van der Waals surface area contributed by atoms with Crippen molar-refractivity contribution in [1.29, 1.82) is 0 Å². The number of nitrogens with zero attached hydrogens (tertiary/aromatic N) is 1. The van der Waals surface area contributed by atoms with Crippen LogP contribution in [0.3, 0.4) is 0 Å². The van der Waals surface area contributed by atoms with Gasteiger partial charge in [-0.2, -0.15) is 0 Å². The lowest BCUT2D eigenvalue weighted by atomic mass is 9.86. The summed E-state index contributed by atoms with van der Waals surface area (Å²) in [5.74, 6) is 0. The fraction of sp³-hybridized carbons (Fsp3) is 0.857. The third kappa shape index (κ3) is 2.86. The molecule has 1 heterocycles. The van der Waals surface area contributed by atoms with Gasteiger partial charge in [-0.05, 0) is 33.6 Å². The Balaban J connectivity index is 2.77. The van der Waals surface area contributed by atoms with Gasteiger partial charge in [0, 0.05) is 30.7 Å². The van der Waals surface area contributed by atoms with Crippen LogP contribution in [0.5, 0.6) is 0 Å². The van der Waals surface area contributed by atoms with Gasteiger partial charge in [0.2, 0.25) is 0 Å². The lowest BCUT2D eigenvalue weighted by Crippen LogP contribution is -2.67. The van der Waals surface area contributed by atoms with Crippen molar-refractivity contribution in [2.45, 2.75) is 58.5 Å². The fourth-order valence-corrected chi connectivity index (χ4v) is 2.29. The molecule has 2 nitrogen and oxygen atoms in total. The highest BCUT2D eigenvalue weighted by Crippen LogP contribution is 2.28. The highest BCUT2D eigenvalue weighted by molar-refractivity contribution is 5.02. The van der Waals surface area contributed by atoms with Crippen LogP contribution in [0.25, 0.3) is 0 Å². The standard InChI is InChI=1S/C14H28N2/c1-6-9-10-16-12-13(4,7-2)15-11-14(16,5)8-3/h6,9,15H,7-8,10-12H2,1-5H3/b9-6+. The minimum atomic E-state index is 0.288. The van der Waals surface area contributed by atoms with Crippen LogP contribution in [0, 0.1) is 0 Å². The fourth-order valence-electron chi connectivity index (χ4n) is 2.29. The molecule has 0 bridgehead atoms. The summed E-state index contributed by atoms with van der Waals surface area (Å²) in [4.78, 5) is 2.63. The SMILES string of the molecule is C/C=C/CN1CC(C)(CC)NCC1(C)CC. The molecule has 1 rings (SSSR count). The van der Waals surface area contributed by atoms with Crippen molar-refractivity contribution in [1.82, 2.24) is 10.2 Å². The van der Waals surface area contributed by atoms with Gasteiger partial charge in [0.25, 0.3) is 0 Å². The summed E-state index contributed by atoms with van der Waals surface area (Å²) in [7, 11) is 0. The van der Waals surface area contributed by atoms with Gasteiger partial charge in [0.05, 0.1) is 0 Å². The number of nitrogens with one attached hydrogen (secondary N) is 1. The average Bonchev–Trinajstić information content (AvgIpc) is 2.31. The monoisotopic (exact) mass is 224 g/mol. The lowest BCUT2D eigenvalue weighted by Gasteiger charge is -2.52. The Morgan fingerprint density at radius 1 is 1.25 bits per heavy atom. The molecule has 1 N–H and O–H groups in total. The molecule has 0 aliphatic carbocycles. The summed E-state index contributed by atoms with van der Waals surface area (Å²) in [5, 5.41) is 3.73. The Kier molecular flexibility index (Phi) is 4.57. The van der Waals surface area contributed by atoms with E-state index in [1.807, 2.05) is 0 Å². The van der Waals surface area contributed by atoms with Crippen molar-refractivity contribution >= 4 is 0 Å². The highest BCUT2D eigenvalue weighted by Gasteiger charge is 2.40. The summed E-state index contributed by atoms with van der Waals surface area (Å²) in [6.45, 7) is 14.7. The minimum absolute atomic E-state index is 0.288. The topological polar surface area (TPSA) is 15.3 Å². The second kappa shape index (κ2) is 5.33. The molecule has 2 unspecified atom stereocenters. The van der Waals surface area contributed by atoms with Crippen molar-refractivity contribution in [2.24, 2.45) is 0 Å². The van der Waals surface area contributed by atoms with E-state index in [1.54, 1.807) is 0 Å². The third-order valence-corrected chi connectivity index (χ3v) is 4.30. The molecule has 0 aromatic carbocycles. The van der Waals surface area contributed by atoms with Crippen LogP contribution in [0.4, 0.5) is 0 Å². The van der Waals surface area contributed by atoms with Gasteiger partial charge in [0.1, 0.15) is 0 Å². The first-order valence-corrected chi connectivity index (χ1v) is 6.61. The van der Waals surface area contributed by atoms with Crippen LogP contribution in [-0.2, 0) is 0 Å². The van der Waals surface area contributed by atoms with Gasteiger partial charge < -0.3 is 5.32 Å². The summed E-state index contributed by atoms with van der Waals surface area (Å²) in [6, 6.07) is 0. The predicted octanol–water partition coefficient (Wildman–Crippen LogP) is 2.81. The zero-order valence-corrected chi connectivity index (χ0v) is 11.6. The Morgan fingerprint density at radius 2 is 1.94 bits per heavy atom. The Labute approximate surface area is 101 Å². The predicted molar refractivity (Wildman–Crippen MR) is 71.8 cm³/mol. The molecule has 94 valence electrons. The van der Waals surface area contributed by atoms with Gasteiger partial charge in [-0.15, -0.1) is 0 Å². The van der Waals surface area contributed by atoms with Crippen LogP contribution < -0.4 is 5.32 Å². The zero-order chi connectivity index (χ0) is 12.2. The van der Waals surface area contributed by atoms with Gasteiger partial charge in [-0.1, -0.05) is 26.0 Å². The lowest BCUT2D eigenvalue weighted by molar-refractivity contribution is 0.0267. The van der Waals surface area contributed by atoms with Crippen LogP contribution in [0.2, 0.25) is 0 Å². The van der Waals surface area contributed by atoms with E-state index in [4.69, 9.17) is 0 Å². The molecule has 2 heteroatoms. The molecule has 1 aliphatic heterocycles. The van der Waals surface area contributed by atoms with Crippen molar-refractivity contribution in [2.75, 3.05) is 19.6 Å². The number of allylic oxidation sites excluding steroid dienone is 1. The molecule has 1 aliphatic rings. The Morgan fingerprint density at radius 3 is 2.44 bits per heavy atom. The minimum Gasteiger partial charge on any atom is -0.308 e. The van der Waals surface area contributed by atoms with Crippen molar-refractivity contribution in [3.8, 4) is 0 Å². The quantitative estimate of drug-likeness (QED) is 0.739. The molecule has 16 heavy (non-hydrogen) atoms. The number of hydrogen-bond donors (Lipinski definition) is 1. The number of rotatable bonds is 4. The summed E-state index contributed by atoms with van der Waals surface area (Å²) >= 11 is 0. The van der Waals surface area contributed by atoms with Gasteiger partial charge in [-0.3, -0.25) is 4.90 Å². The summed E-state index contributed by atoms with van der Waals surface area (Å²) in [6.07, 6.45) is 6.83. The molecule has 0 spiro atoms. The van der Waals surface area contributed by atoms with Crippen LogP contribution in [-0.4, -0.2) is 35.6 Å². The second-order valence-corrected chi connectivity index (χ2v) is 5.57. The van der Waals surface area contributed by atoms with E-state index in [9.17, 15) is 0 Å². The first-order chi connectivity index (χ1) is 7.49. The van der Waals surface area contributed by atoms with E-state index in [0.29, 0.717) is 5.54 Å². The van der Waals surface area contributed by atoms with E-state index in [0.717, 1.165) is 19.6 Å². The molecule has 1 saturated heterocycles. The Bertz CT molecular complexity index is 249. The molecular weight excluding hydrogens is 196 g/mol. The summed E-state index contributed by atoms with van der Waals surface area (Å²) in [5.41, 5.74) is 0.602. The normalized spacial score (nSPS) is 37.1. The van der Waals surface area contributed by atoms with Crippen molar-refractivity contribution < 1.29 is 0 Å². The smallest absolute Gasteiger partial charge is 0.0307 e. The highest BCUT2D eigenvalue weighted by atomic mass is 15.3. The molecule has 0 aromatic rings. The first-order valence-electron chi connectivity index (χ1n) is 6.61. The largest absolute Gasteiger partial charge is 0.308 e. The maximum Gasteiger partial charge on any atom is 0.0307 e. The Hall–Kier alpha value is -0.340. The van der Waals surface area contributed by atoms with Crippen molar-refractivity contribution in [3.05, 3.63) is 12.2 Å². The van der Waals surface area contributed by atoms with E-state index in [-0.39, 0.29) is 5.54 Å². The molecule has 1 fully saturated rings. The average molecular weight is 224 g/mol. The molecule has 0 aromatic heterocycles. The van der Waals surface area contributed by atoms with Crippen LogP contribution >= 0.6 is 0 Å². The van der Waals surface area contributed by atoms with E-state index in [2.05, 4.69) is 57.0 Å². The molecule has 0 amide bonds. The van der Waals surface area contributed by atoms with Crippen LogP contribution in [0.1, 0.15) is 47.5 Å². The third-order valence-electron chi connectivity index (χ3n) is 4.30. The molecule has 2 atom stereocenters. The summed E-state index contributed by atoms with van der Waals surface area (Å²) < 4.78 is 0. The van der Waals surface area contributed by atoms with E-state index >= 15 is 0 Å². The van der Waals surface area contributed by atoms with Gasteiger partial charge in [-0.25, -0.2) is 0 Å². The molecular formula is C14H28N2. The second-order valence-electron chi connectivity index (χ2n) is 5.57. The number of piperazine rings is 1. The van der Waals surface area contributed by atoms with Crippen molar-refractivity contribution in [3.63, 3.8) is 0 Å². The number of hydrogen-bond acceptors (Lipinski definition) is 2. The zero-order valence-electron chi connectivity index (χ0n) is 11.6. The first kappa shape index (κ1) is 13.7.